The van der Waals surface area contributed by atoms with Crippen LogP contribution in [-0.2, 0) is 6.42 Å². The predicted octanol–water partition coefficient (Wildman–Crippen LogP) is 2.10. The molecule has 18 heavy (non-hydrogen) atoms. The minimum atomic E-state index is -0.979. The number of aromatic nitrogens is 2. The number of H-pyrrole nitrogens is 1. The summed E-state index contributed by atoms with van der Waals surface area (Å²) in [4.78, 5) is 11.1. The quantitative estimate of drug-likeness (QED) is 0.848. The Hall–Kier alpha value is -2.30. The van der Waals surface area contributed by atoms with Crippen LogP contribution in [0.5, 0.6) is 5.75 Å². The van der Waals surface area contributed by atoms with Gasteiger partial charge in [0.2, 0.25) is 0 Å². The van der Waals surface area contributed by atoms with Crippen molar-refractivity contribution in [3.63, 3.8) is 0 Å². The molecule has 1 aromatic carbocycles. The van der Waals surface area contributed by atoms with Gasteiger partial charge in [0.1, 0.15) is 11.3 Å². The number of rotatable bonds is 2. The van der Waals surface area contributed by atoms with E-state index in [-0.39, 0.29) is 5.56 Å². The molecule has 5 nitrogen and oxygen atoms in total. The molecule has 1 aromatic heterocycles. The summed E-state index contributed by atoms with van der Waals surface area (Å²) in [5.41, 5.74) is 2.67. The Balaban J connectivity index is 2.06. The van der Waals surface area contributed by atoms with Gasteiger partial charge in [-0.1, -0.05) is 0 Å². The van der Waals surface area contributed by atoms with Crippen LogP contribution >= 0.6 is 0 Å². The van der Waals surface area contributed by atoms with E-state index in [9.17, 15) is 4.79 Å². The van der Waals surface area contributed by atoms with Crippen LogP contribution in [0.25, 0.3) is 11.3 Å². The van der Waals surface area contributed by atoms with Gasteiger partial charge in [0, 0.05) is 5.56 Å². The monoisotopic (exact) mass is 244 g/mol. The lowest BCUT2D eigenvalue weighted by atomic mass is 10.0. The second-order valence-corrected chi connectivity index (χ2v) is 4.24. The molecule has 5 heteroatoms. The Morgan fingerprint density at radius 2 is 2.33 bits per heavy atom. The highest BCUT2D eigenvalue weighted by Crippen LogP contribution is 2.30. The maximum absolute atomic E-state index is 11.1. The topological polar surface area (TPSA) is 75.2 Å². The Morgan fingerprint density at radius 3 is 3.17 bits per heavy atom. The van der Waals surface area contributed by atoms with Crippen LogP contribution in [0.1, 0.15) is 22.3 Å². The standard InChI is InChI=1S/C13H12N2O3/c16-13(17)10-7-14-15-12(10)9-3-4-11-8(6-9)2-1-5-18-11/h3-4,6-7H,1-2,5H2,(H,14,15)(H,16,17). The molecule has 92 valence electrons. The number of ether oxygens (including phenoxy) is 1. The minimum Gasteiger partial charge on any atom is -0.493 e. The van der Waals surface area contributed by atoms with E-state index in [1.807, 2.05) is 18.2 Å². The van der Waals surface area contributed by atoms with E-state index < -0.39 is 5.97 Å². The van der Waals surface area contributed by atoms with Crippen LogP contribution in [-0.4, -0.2) is 27.9 Å². The fraction of sp³-hybridized carbons (Fsp3) is 0.231. The summed E-state index contributed by atoms with van der Waals surface area (Å²) in [5.74, 6) is -0.0888. The molecule has 0 saturated heterocycles. The van der Waals surface area contributed by atoms with E-state index in [0.717, 1.165) is 36.3 Å². The third-order valence-corrected chi connectivity index (χ3v) is 3.07. The summed E-state index contributed by atoms with van der Waals surface area (Å²) in [6.45, 7) is 0.747. The van der Waals surface area contributed by atoms with Crippen molar-refractivity contribution >= 4 is 5.97 Å². The molecule has 0 atom stereocenters. The highest BCUT2D eigenvalue weighted by atomic mass is 16.5. The van der Waals surface area contributed by atoms with Gasteiger partial charge in [0.25, 0.3) is 0 Å². The van der Waals surface area contributed by atoms with Gasteiger partial charge in [-0.2, -0.15) is 5.10 Å². The van der Waals surface area contributed by atoms with Crippen LogP contribution in [0.3, 0.4) is 0 Å². The average molecular weight is 244 g/mol. The average Bonchev–Trinajstić information content (AvgIpc) is 2.87. The van der Waals surface area contributed by atoms with Gasteiger partial charge in [0.15, 0.2) is 0 Å². The third kappa shape index (κ3) is 1.73. The van der Waals surface area contributed by atoms with Crippen molar-refractivity contribution in [2.24, 2.45) is 0 Å². The van der Waals surface area contributed by atoms with E-state index >= 15 is 0 Å². The van der Waals surface area contributed by atoms with Gasteiger partial charge in [-0.3, -0.25) is 5.10 Å². The third-order valence-electron chi connectivity index (χ3n) is 3.07. The zero-order chi connectivity index (χ0) is 12.5. The fourth-order valence-corrected chi connectivity index (χ4v) is 2.18. The number of carbonyl (C=O) groups is 1. The normalized spacial score (nSPS) is 13.8. The molecule has 0 amide bonds. The lowest BCUT2D eigenvalue weighted by Crippen LogP contribution is -2.08. The highest BCUT2D eigenvalue weighted by molar-refractivity contribution is 5.94. The first-order chi connectivity index (χ1) is 8.75. The van der Waals surface area contributed by atoms with Gasteiger partial charge in [-0.05, 0) is 36.6 Å². The molecule has 1 aliphatic rings. The molecule has 2 heterocycles. The van der Waals surface area contributed by atoms with E-state index in [1.54, 1.807) is 0 Å². The number of benzene rings is 1. The summed E-state index contributed by atoms with van der Waals surface area (Å²) >= 11 is 0. The summed E-state index contributed by atoms with van der Waals surface area (Å²) in [5, 5.41) is 15.6. The molecule has 0 saturated carbocycles. The van der Waals surface area contributed by atoms with Crippen LogP contribution in [0, 0.1) is 0 Å². The van der Waals surface area contributed by atoms with Gasteiger partial charge in [-0.15, -0.1) is 0 Å². The van der Waals surface area contributed by atoms with Gasteiger partial charge in [-0.25, -0.2) is 4.79 Å². The van der Waals surface area contributed by atoms with Crippen molar-refractivity contribution in [1.82, 2.24) is 10.2 Å². The SMILES string of the molecule is O=C(O)c1cn[nH]c1-c1ccc2c(c1)CCCO2. The number of aromatic amines is 1. The van der Waals surface area contributed by atoms with Crippen molar-refractivity contribution in [2.45, 2.75) is 12.8 Å². The van der Waals surface area contributed by atoms with E-state index in [2.05, 4.69) is 10.2 Å². The van der Waals surface area contributed by atoms with Crippen LogP contribution in [0.4, 0.5) is 0 Å². The molecule has 0 bridgehead atoms. The van der Waals surface area contributed by atoms with E-state index in [0.29, 0.717) is 5.69 Å². The fourth-order valence-electron chi connectivity index (χ4n) is 2.18. The molecule has 0 spiro atoms. The molecular weight excluding hydrogens is 232 g/mol. The maximum atomic E-state index is 11.1. The summed E-state index contributed by atoms with van der Waals surface area (Å²) in [6, 6.07) is 5.70. The largest absolute Gasteiger partial charge is 0.493 e. The molecule has 2 N–H and O–H groups in total. The van der Waals surface area contributed by atoms with Gasteiger partial charge < -0.3 is 9.84 Å². The van der Waals surface area contributed by atoms with E-state index in [1.165, 1.54) is 6.20 Å². The first kappa shape index (κ1) is 10.8. The molecule has 0 radical (unpaired) electrons. The Labute approximate surface area is 103 Å². The summed E-state index contributed by atoms with van der Waals surface area (Å²) < 4.78 is 5.53. The lowest BCUT2D eigenvalue weighted by molar-refractivity contribution is 0.0698. The molecule has 0 fully saturated rings. The Kier molecular flexibility index (Phi) is 2.51. The predicted molar refractivity (Wildman–Crippen MR) is 64.8 cm³/mol. The molecule has 1 aliphatic heterocycles. The second kappa shape index (κ2) is 4.18. The zero-order valence-corrected chi connectivity index (χ0v) is 9.64. The van der Waals surface area contributed by atoms with Crippen molar-refractivity contribution in [1.29, 1.82) is 0 Å². The molecular formula is C13H12N2O3. The molecule has 2 aromatic rings. The number of hydrogen-bond acceptors (Lipinski definition) is 3. The van der Waals surface area contributed by atoms with Crippen LogP contribution in [0.15, 0.2) is 24.4 Å². The zero-order valence-electron chi connectivity index (χ0n) is 9.64. The molecule has 0 aliphatic carbocycles. The second-order valence-electron chi connectivity index (χ2n) is 4.24. The first-order valence-corrected chi connectivity index (χ1v) is 5.78. The summed E-state index contributed by atoms with van der Waals surface area (Å²) in [7, 11) is 0. The minimum absolute atomic E-state index is 0.187. The number of hydrogen-bond donors (Lipinski definition) is 2. The Bertz CT molecular complexity index is 604. The maximum Gasteiger partial charge on any atom is 0.339 e. The highest BCUT2D eigenvalue weighted by Gasteiger charge is 2.16. The number of nitrogens with one attached hydrogen (secondary N) is 1. The number of nitrogens with zero attached hydrogens (tertiary/aromatic N) is 1. The van der Waals surface area contributed by atoms with Crippen molar-refractivity contribution in [3.8, 4) is 17.0 Å². The number of aromatic carboxylic acids is 1. The van der Waals surface area contributed by atoms with Gasteiger partial charge >= 0.3 is 5.97 Å². The first-order valence-electron chi connectivity index (χ1n) is 5.78. The Morgan fingerprint density at radius 1 is 1.44 bits per heavy atom. The van der Waals surface area contributed by atoms with E-state index in [4.69, 9.17) is 9.84 Å². The molecule has 0 unspecified atom stereocenters. The number of carboxylic acid groups (broad SMARTS) is 1. The van der Waals surface area contributed by atoms with Gasteiger partial charge in [0.05, 0.1) is 18.5 Å². The van der Waals surface area contributed by atoms with Crippen molar-refractivity contribution in [2.75, 3.05) is 6.61 Å². The van der Waals surface area contributed by atoms with Crippen molar-refractivity contribution < 1.29 is 14.6 Å². The van der Waals surface area contributed by atoms with Crippen LogP contribution < -0.4 is 4.74 Å². The summed E-state index contributed by atoms with van der Waals surface area (Å²) in [6.07, 6.45) is 3.28. The smallest absolute Gasteiger partial charge is 0.339 e. The van der Waals surface area contributed by atoms with Crippen LogP contribution in [0.2, 0.25) is 0 Å². The number of aryl methyl sites for hydroxylation is 1. The van der Waals surface area contributed by atoms with Crippen molar-refractivity contribution in [3.05, 3.63) is 35.5 Å². The number of fused-ring (bicyclic) bond motifs is 1. The number of carboxylic acids is 1. The molecule has 3 rings (SSSR count). The lowest BCUT2D eigenvalue weighted by Gasteiger charge is -2.17.